The number of rotatable bonds is 9. The molecule has 0 spiro atoms. The lowest BCUT2D eigenvalue weighted by atomic mass is 9.70. The van der Waals surface area contributed by atoms with Gasteiger partial charge in [0.2, 0.25) is 11.4 Å². The number of nitro benzene ring substituents is 1. The summed E-state index contributed by atoms with van der Waals surface area (Å²) in [6, 6.07) is 30.5. The van der Waals surface area contributed by atoms with Crippen molar-refractivity contribution < 1.29 is 14.8 Å². The largest absolute Gasteiger partial charge is 0.874 e. The quantitative estimate of drug-likeness (QED) is 0.116. The van der Waals surface area contributed by atoms with Crippen molar-refractivity contribution >= 4 is 46.0 Å². The summed E-state index contributed by atoms with van der Waals surface area (Å²) in [5.74, 6) is -1.01. The van der Waals surface area contributed by atoms with Crippen LogP contribution >= 0.6 is 0 Å². The molecule has 4 aromatic carbocycles. The zero-order valence-corrected chi connectivity index (χ0v) is 25.3. The molecule has 6 rings (SSSR count). The number of nitro groups is 1. The van der Waals surface area contributed by atoms with Crippen molar-refractivity contribution in [2.45, 2.75) is 46.1 Å². The first-order valence-electron chi connectivity index (χ1n) is 15.0. The maximum atomic E-state index is 13.7. The average molecular weight is 586 g/mol. The Balaban J connectivity index is 1.30. The van der Waals surface area contributed by atoms with E-state index in [1.165, 1.54) is 17.7 Å². The smallest absolute Gasteiger partial charge is 0.269 e. The predicted octanol–water partition coefficient (Wildman–Crippen LogP) is 7.45. The number of carbonyl (C=O) groups excluding carboxylic acids is 1. The van der Waals surface area contributed by atoms with E-state index in [0.717, 1.165) is 34.7 Å². The normalized spacial score (nSPS) is 18.1. The van der Waals surface area contributed by atoms with Crippen LogP contribution in [0.1, 0.15) is 49.8 Å². The number of Topliss-reactive ketones (excluding diaryl/α,β-unsaturated/α-hetero) is 1. The number of allylic oxidation sites excluding steroid dienone is 2. The molecule has 0 bridgehead atoms. The summed E-state index contributed by atoms with van der Waals surface area (Å²) in [6.45, 7) is 8.74. The third-order valence-electron chi connectivity index (χ3n) is 8.62. The lowest BCUT2D eigenvalue weighted by molar-refractivity contribution is -0.384. The van der Waals surface area contributed by atoms with Crippen LogP contribution in [0.2, 0.25) is 0 Å². The number of para-hydroxylation sites is 1. The number of ketones is 1. The number of hydrogen-bond donors (Lipinski definition) is 0. The molecule has 3 unspecified atom stereocenters. The highest BCUT2D eigenvalue weighted by atomic mass is 16.6. The van der Waals surface area contributed by atoms with Crippen molar-refractivity contribution in [3.8, 4) is 0 Å². The molecule has 1 heterocycles. The van der Waals surface area contributed by atoms with E-state index in [2.05, 4.69) is 56.9 Å². The molecule has 0 saturated heterocycles. The second kappa shape index (κ2) is 11.6. The monoisotopic (exact) mass is 585 g/mol. The summed E-state index contributed by atoms with van der Waals surface area (Å²) < 4.78 is 1.91. The van der Waals surface area contributed by atoms with Gasteiger partial charge in [-0.2, -0.15) is 4.58 Å². The molecule has 44 heavy (non-hydrogen) atoms. The first-order valence-corrected chi connectivity index (χ1v) is 15.0. The Morgan fingerprint density at radius 1 is 0.864 bits per heavy atom. The van der Waals surface area contributed by atoms with Gasteiger partial charge in [0.1, 0.15) is 0 Å². The molecule has 0 N–H and O–H groups in total. The summed E-state index contributed by atoms with van der Waals surface area (Å²) in [7, 11) is 0. The van der Waals surface area contributed by atoms with Crippen LogP contribution in [-0.4, -0.2) is 23.0 Å². The van der Waals surface area contributed by atoms with Gasteiger partial charge in [0, 0.05) is 58.9 Å². The molecule has 0 radical (unpaired) electrons. The van der Waals surface area contributed by atoms with Crippen LogP contribution in [0.4, 0.5) is 28.4 Å². The van der Waals surface area contributed by atoms with Crippen molar-refractivity contribution in [3.63, 3.8) is 0 Å². The number of anilines is 2. The number of fused-ring (bicyclic) bond motifs is 1. The highest BCUT2D eigenvalue weighted by Crippen LogP contribution is 2.47. The van der Waals surface area contributed by atoms with Gasteiger partial charge in [-0.05, 0) is 56.0 Å². The van der Waals surface area contributed by atoms with E-state index in [9.17, 15) is 20.0 Å². The van der Waals surface area contributed by atoms with Crippen LogP contribution in [0, 0.1) is 28.9 Å². The third-order valence-corrected chi connectivity index (χ3v) is 8.62. The zero-order valence-electron chi connectivity index (χ0n) is 25.3. The van der Waals surface area contributed by atoms with E-state index in [1.54, 1.807) is 12.1 Å². The standard InChI is InChI=1S/C37H35N3O4/c1-23(2)21-25(4)39(28-13-9-24(3)10-14-28)29-15-11-26(12-16-29)34-36(41)35(37(34)42)32-22-38(33-8-6-5-7-31(32)33)27-17-19-30(20-18-27)40(43)44/h5-20,22-23,25,32,35H,21H2,1-4H3. The molecule has 0 fully saturated rings. The summed E-state index contributed by atoms with van der Waals surface area (Å²) >= 11 is 0. The minimum atomic E-state index is -0.802. The van der Waals surface area contributed by atoms with Crippen LogP contribution < -0.4 is 14.6 Å². The van der Waals surface area contributed by atoms with Gasteiger partial charge in [-0.15, -0.1) is 5.76 Å². The van der Waals surface area contributed by atoms with E-state index < -0.39 is 16.8 Å². The summed E-state index contributed by atoms with van der Waals surface area (Å²) in [5, 5.41) is 24.8. The zero-order chi connectivity index (χ0) is 31.1. The fraction of sp³-hybridized carbons (Fsp3) is 0.243. The van der Waals surface area contributed by atoms with Crippen molar-refractivity contribution in [3.05, 3.63) is 130 Å². The number of hydrogen-bond acceptors (Lipinski definition) is 5. The molecule has 3 atom stereocenters. The molecular formula is C37H35N3O4. The van der Waals surface area contributed by atoms with Gasteiger partial charge in [0.15, 0.2) is 12.0 Å². The molecule has 4 aromatic rings. The van der Waals surface area contributed by atoms with Gasteiger partial charge in [-0.25, -0.2) is 0 Å². The van der Waals surface area contributed by atoms with Gasteiger partial charge in [-0.1, -0.05) is 61.9 Å². The van der Waals surface area contributed by atoms with Gasteiger partial charge in [0.05, 0.1) is 16.8 Å². The van der Waals surface area contributed by atoms with Gasteiger partial charge in [0.25, 0.3) is 5.69 Å². The van der Waals surface area contributed by atoms with Crippen LogP contribution in [0.15, 0.2) is 103 Å². The van der Waals surface area contributed by atoms with Crippen molar-refractivity contribution in [2.24, 2.45) is 11.8 Å². The number of non-ortho nitro benzene ring substituents is 1. The van der Waals surface area contributed by atoms with Crippen LogP contribution in [0.5, 0.6) is 0 Å². The summed E-state index contributed by atoms with van der Waals surface area (Å²) in [5.41, 5.74) is 6.69. The Morgan fingerprint density at radius 2 is 1.48 bits per heavy atom. The van der Waals surface area contributed by atoms with E-state index in [-0.39, 0.29) is 28.8 Å². The maximum absolute atomic E-state index is 13.7. The Hall–Kier alpha value is -5.04. The minimum Gasteiger partial charge on any atom is -0.874 e. The average Bonchev–Trinajstić information content (AvgIpc) is 3.37. The Labute approximate surface area is 257 Å². The summed E-state index contributed by atoms with van der Waals surface area (Å²) in [6.07, 6.45) is 2.91. The van der Waals surface area contributed by atoms with Gasteiger partial charge >= 0.3 is 0 Å². The predicted molar refractivity (Wildman–Crippen MR) is 174 cm³/mol. The third kappa shape index (κ3) is 5.19. The maximum Gasteiger partial charge on any atom is 0.269 e. The number of aryl methyl sites for hydroxylation is 1. The first kappa shape index (κ1) is 29.1. The Morgan fingerprint density at radius 3 is 2.07 bits per heavy atom. The summed E-state index contributed by atoms with van der Waals surface area (Å²) in [4.78, 5) is 26.7. The van der Waals surface area contributed by atoms with Gasteiger partial charge < -0.3 is 10.0 Å². The second-order valence-corrected chi connectivity index (χ2v) is 12.2. The van der Waals surface area contributed by atoms with Gasteiger partial charge in [-0.3, -0.25) is 14.9 Å². The highest BCUT2D eigenvalue weighted by Gasteiger charge is 2.46. The second-order valence-electron chi connectivity index (χ2n) is 12.2. The Bertz CT molecular complexity index is 1790. The SMILES string of the molecule is Cc1ccc(N(c2ccc(C3=C([O-])C(C4C=[N+](c5ccc([N+](=O)[O-])cc5)c5ccccc54)C3=O)cc2)C(C)CC(C)C)cc1. The molecule has 222 valence electrons. The van der Waals surface area contributed by atoms with Crippen LogP contribution in [0.25, 0.3) is 5.57 Å². The molecule has 1 aliphatic carbocycles. The number of nitrogens with zero attached hydrogens (tertiary/aromatic N) is 3. The fourth-order valence-corrected chi connectivity index (χ4v) is 6.56. The van der Waals surface area contributed by atoms with Crippen molar-refractivity contribution in [2.75, 3.05) is 4.90 Å². The van der Waals surface area contributed by atoms with Crippen LogP contribution in [0.3, 0.4) is 0 Å². The lowest BCUT2D eigenvalue weighted by Crippen LogP contribution is -2.40. The molecular weight excluding hydrogens is 550 g/mol. The van der Waals surface area contributed by atoms with E-state index in [1.807, 2.05) is 59.3 Å². The molecule has 0 amide bonds. The molecule has 2 aliphatic rings. The topological polar surface area (TPSA) is 89.5 Å². The van der Waals surface area contributed by atoms with Crippen LogP contribution in [-0.2, 0) is 4.79 Å². The molecule has 7 heteroatoms. The molecule has 7 nitrogen and oxygen atoms in total. The molecule has 0 saturated carbocycles. The van der Waals surface area contributed by atoms with E-state index >= 15 is 0 Å². The van der Waals surface area contributed by atoms with E-state index in [0.29, 0.717) is 11.5 Å². The molecule has 0 aromatic heterocycles. The first-order chi connectivity index (χ1) is 21.1. The number of carbonyl (C=O) groups is 1. The number of benzene rings is 4. The fourth-order valence-electron chi connectivity index (χ4n) is 6.56. The lowest BCUT2D eigenvalue weighted by Gasteiger charge is -2.39. The Kier molecular flexibility index (Phi) is 7.64. The minimum absolute atomic E-state index is 0.00348. The molecule has 1 aliphatic heterocycles. The van der Waals surface area contributed by atoms with Crippen molar-refractivity contribution in [1.82, 2.24) is 4.58 Å². The van der Waals surface area contributed by atoms with E-state index in [4.69, 9.17) is 0 Å². The highest BCUT2D eigenvalue weighted by molar-refractivity contribution is 6.30. The van der Waals surface area contributed by atoms with Crippen molar-refractivity contribution in [1.29, 1.82) is 0 Å².